The van der Waals surface area contributed by atoms with Crippen LogP contribution in [0.25, 0.3) is 17.0 Å². The summed E-state index contributed by atoms with van der Waals surface area (Å²) in [6.07, 6.45) is 8.27. The maximum absolute atomic E-state index is 11.2. The number of nitrogens with zero attached hydrogens (tertiary/aromatic N) is 1. The first-order valence-electron chi connectivity index (χ1n) is 10.0. The lowest BCUT2D eigenvalue weighted by atomic mass is 10.0. The molecule has 3 aromatic rings. The summed E-state index contributed by atoms with van der Waals surface area (Å²) in [4.78, 5) is 17.0. The molecule has 1 amide bonds. The van der Waals surface area contributed by atoms with Crippen molar-refractivity contribution in [2.45, 2.75) is 25.3 Å². The van der Waals surface area contributed by atoms with Crippen LogP contribution in [0.4, 0.5) is 0 Å². The van der Waals surface area contributed by atoms with Gasteiger partial charge in [0.1, 0.15) is 0 Å². The van der Waals surface area contributed by atoms with Gasteiger partial charge in [-0.1, -0.05) is 36.4 Å². The van der Waals surface area contributed by atoms with Crippen LogP contribution in [-0.2, 0) is 17.6 Å². The average molecular weight is 388 g/mol. The molecule has 1 heterocycles. The Morgan fingerprint density at radius 3 is 3.00 bits per heavy atom. The fourth-order valence-corrected chi connectivity index (χ4v) is 4.33. The predicted molar refractivity (Wildman–Crippen MR) is 115 cm³/mol. The second-order valence-electron chi connectivity index (χ2n) is 7.47. The number of benzene rings is 2. The number of hydrogen-bond donors (Lipinski definition) is 3. The van der Waals surface area contributed by atoms with Crippen LogP contribution >= 0.6 is 0 Å². The number of hydroxylamine groups is 1. The lowest BCUT2D eigenvalue weighted by molar-refractivity contribution is -0.124. The lowest BCUT2D eigenvalue weighted by Crippen LogP contribution is -2.29. The smallest absolute Gasteiger partial charge is 0.267 e. The van der Waals surface area contributed by atoms with E-state index in [1.165, 1.54) is 33.7 Å². The molecule has 1 unspecified atom stereocenters. The molecule has 29 heavy (non-hydrogen) atoms. The molecule has 0 fully saturated rings. The zero-order chi connectivity index (χ0) is 20.2. The van der Waals surface area contributed by atoms with E-state index in [1.54, 1.807) is 11.6 Å². The van der Waals surface area contributed by atoms with Gasteiger partial charge in [0, 0.05) is 35.8 Å². The van der Waals surface area contributed by atoms with Gasteiger partial charge in [0.25, 0.3) is 5.91 Å². The summed E-state index contributed by atoms with van der Waals surface area (Å²) in [5.41, 5.74) is 7.79. The van der Waals surface area contributed by atoms with Crippen molar-refractivity contribution >= 4 is 22.9 Å². The van der Waals surface area contributed by atoms with Gasteiger partial charge < -0.3 is 4.98 Å². The van der Waals surface area contributed by atoms with Gasteiger partial charge in [0.05, 0.1) is 0 Å². The number of rotatable bonds is 7. The number of nitrogens with one attached hydrogen (secondary N) is 2. The number of aryl methyl sites for hydroxylation is 1. The second-order valence-corrected chi connectivity index (χ2v) is 7.47. The van der Waals surface area contributed by atoms with E-state index < -0.39 is 5.91 Å². The molecule has 5 heteroatoms. The van der Waals surface area contributed by atoms with Crippen molar-refractivity contribution in [3.8, 4) is 0 Å². The van der Waals surface area contributed by atoms with Crippen LogP contribution in [-0.4, -0.2) is 34.1 Å². The van der Waals surface area contributed by atoms with Gasteiger partial charge in [-0.3, -0.25) is 14.9 Å². The Balaban J connectivity index is 1.47. The van der Waals surface area contributed by atoms with Crippen molar-refractivity contribution < 1.29 is 10.0 Å². The zero-order valence-electron chi connectivity index (χ0n) is 16.4. The predicted octanol–water partition coefficient (Wildman–Crippen LogP) is 4.05. The Morgan fingerprint density at radius 2 is 2.17 bits per heavy atom. The molecule has 1 radical (unpaired) electrons. The molecule has 3 N–H and O–H groups in total. The normalized spacial score (nSPS) is 16.0. The molecule has 0 spiro atoms. The summed E-state index contributed by atoms with van der Waals surface area (Å²) in [6, 6.07) is 15.1. The standard InChI is InChI=1S/C24H26N3O2/c1-2-27(14-13-19-16-25-22-6-4-3-5-20(19)22)23-11-9-18-15-17(7-10-21(18)23)8-12-24(28)26-29/h3-8,10,12,15-16,23,25,29H,1-2,9,11,13-14H2,(H,26,28)/b12-8+. The molecule has 0 saturated heterocycles. The molecule has 2 aromatic carbocycles. The number of fused-ring (bicyclic) bond motifs is 2. The van der Waals surface area contributed by atoms with Gasteiger partial charge in [-0.25, -0.2) is 5.48 Å². The van der Waals surface area contributed by atoms with Crippen molar-refractivity contribution in [3.63, 3.8) is 0 Å². The molecular formula is C24H26N3O2. The molecule has 1 atom stereocenters. The van der Waals surface area contributed by atoms with E-state index in [2.05, 4.69) is 59.4 Å². The number of amides is 1. The zero-order valence-corrected chi connectivity index (χ0v) is 16.4. The second kappa shape index (κ2) is 8.64. The number of para-hydroxylation sites is 1. The molecule has 1 aliphatic rings. The van der Waals surface area contributed by atoms with Gasteiger partial charge >= 0.3 is 0 Å². The maximum atomic E-state index is 11.2. The minimum atomic E-state index is -0.524. The van der Waals surface area contributed by atoms with E-state index in [-0.39, 0.29) is 0 Å². The number of carbonyl (C=O) groups is 1. The van der Waals surface area contributed by atoms with Crippen LogP contribution in [0.15, 0.2) is 54.7 Å². The van der Waals surface area contributed by atoms with Crippen molar-refractivity contribution in [1.82, 2.24) is 15.4 Å². The minimum absolute atomic E-state index is 0.381. The van der Waals surface area contributed by atoms with E-state index in [0.717, 1.165) is 37.9 Å². The molecule has 1 aromatic heterocycles. The summed E-state index contributed by atoms with van der Waals surface area (Å²) in [6.45, 7) is 5.92. The Bertz CT molecular complexity index is 1040. The molecule has 4 rings (SSSR count). The van der Waals surface area contributed by atoms with Gasteiger partial charge in [-0.15, -0.1) is 0 Å². The highest BCUT2D eigenvalue weighted by Crippen LogP contribution is 2.36. The van der Waals surface area contributed by atoms with Crippen molar-refractivity contribution in [3.05, 3.63) is 83.9 Å². The van der Waals surface area contributed by atoms with Gasteiger partial charge in [-0.2, -0.15) is 0 Å². The average Bonchev–Trinajstić information content (AvgIpc) is 3.37. The van der Waals surface area contributed by atoms with Crippen molar-refractivity contribution in [2.24, 2.45) is 0 Å². The van der Waals surface area contributed by atoms with Crippen molar-refractivity contribution in [1.29, 1.82) is 0 Å². The van der Waals surface area contributed by atoms with E-state index in [9.17, 15) is 4.79 Å². The van der Waals surface area contributed by atoms with Crippen molar-refractivity contribution in [2.75, 3.05) is 13.1 Å². The highest BCUT2D eigenvalue weighted by atomic mass is 16.5. The van der Waals surface area contributed by atoms with Crippen LogP contribution in [0.3, 0.4) is 0 Å². The van der Waals surface area contributed by atoms with E-state index in [4.69, 9.17) is 5.21 Å². The topological polar surface area (TPSA) is 68.4 Å². The molecule has 0 aliphatic heterocycles. The van der Waals surface area contributed by atoms with Gasteiger partial charge in [0.15, 0.2) is 0 Å². The molecular weight excluding hydrogens is 362 g/mol. The summed E-state index contributed by atoms with van der Waals surface area (Å²) < 4.78 is 0. The molecule has 0 bridgehead atoms. The lowest BCUT2D eigenvalue weighted by Gasteiger charge is -2.28. The fraction of sp³-hybridized carbons (Fsp3) is 0.250. The van der Waals surface area contributed by atoms with Crippen LogP contribution in [0.1, 0.15) is 34.7 Å². The third-order valence-electron chi connectivity index (χ3n) is 5.82. The summed E-state index contributed by atoms with van der Waals surface area (Å²) in [7, 11) is 0. The largest absolute Gasteiger partial charge is 0.361 e. The number of hydrogen-bond acceptors (Lipinski definition) is 3. The van der Waals surface area contributed by atoms with Gasteiger partial charge in [-0.05, 0) is 67.1 Å². The van der Waals surface area contributed by atoms with Crippen LogP contribution < -0.4 is 5.48 Å². The highest BCUT2D eigenvalue weighted by Gasteiger charge is 2.27. The maximum Gasteiger partial charge on any atom is 0.267 e. The Hall–Kier alpha value is -2.89. The first-order chi connectivity index (χ1) is 14.2. The summed E-state index contributed by atoms with van der Waals surface area (Å²) in [5.74, 6) is -0.524. The van der Waals surface area contributed by atoms with Crippen LogP contribution in [0.2, 0.25) is 0 Å². The highest BCUT2D eigenvalue weighted by molar-refractivity contribution is 5.90. The van der Waals surface area contributed by atoms with Crippen LogP contribution in [0, 0.1) is 6.92 Å². The van der Waals surface area contributed by atoms with Gasteiger partial charge in [0.2, 0.25) is 0 Å². The van der Waals surface area contributed by atoms with E-state index in [1.807, 2.05) is 6.07 Å². The van der Waals surface area contributed by atoms with Crippen LogP contribution in [0.5, 0.6) is 0 Å². The molecule has 0 saturated carbocycles. The third-order valence-corrected chi connectivity index (χ3v) is 5.82. The number of aromatic nitrogens is 1. The molecule has 5 nitrogen and oxygen atoms in total. The number of H-pyrrole nitrogens is 1. The van der Waals surface area contributed by atoms with E-state index in [0.29, 0.717) is 6.04 Å². The third kappa shape index (κ3) is 4.11. The fourth-order valence-electron chi connectivity index (χ4n) is 4.33. The monoisotopic (exact) mass is 388 g/mol. The Kier molecular flexibility index (Phi) is 5.79. The first kappa shape index (κ1) is 19.4. The molecule has 1 aliphatic carbocycles. The molecule has 149 valence electrons. The Labute approximate surface area is 171 Å². The quantitative estimate of drug-likeness (QED) is 0.325. The summed E-state index contributed by atoms with van der Waals surface area (Å²) >= 11 is 0. The SMILES string of the molecule is [CH2]CN(CCc1c[nH]c2ccccc12)C1CCc2cc(/C=C/C(=O)NO)ccc21. The summed E-state index contributed by atoms with van der Waals surface area (Å²) in [5, 5.41) is 9.90. The van der Waals surface area contributed by atoms with E-state index >= 15 is 0 Å². The minimum Gasteiger partial charge on any atom is -0.361 e. The first-order valence-corrected chi connectivity index (χ1v) is 10.0. The Morgan fingerprint density at radius 1 is 1.31 bits per heavy atom. The number of aromatic amines is 1. The number of carbonyl (C=O) groups excluding carboxylic acids is 1.